The fraction of sp³-hybridized carbons (Fsp3) is 0.625. The molecule has 118 valence electrons. The van der Waals surface area contributed by atoms with Crippen molar-refractivity contribution in [2.75, 3.05) is 27.3 Å². The number of hydrogen-bond donors (Lipinski definition) is 1. The lowest BCUT2D eigenvalue weighted by atomic mass is 9.95. The molecule has 1 aromatic rings. The Hall–Kier alpha value is -0.970. The van der Waals surface area contributed by atoms with E-state index in [1.165, 1.54) is 12.8 Å². The number of likely N-dealkylation sites (tertiary alicyclic amines) is 1. The maximum absolute atomic E-state index is 6.58. The van der Waals surface area contributed by atoms with Crippen molar-refractivity contribution in [3.8, 4) is 11.5 Å². The highest BCUT2D eigenvalue weighted by atomic mass is 35.5. The third kappa shape index (κ3) is 3.28. The molecule has 1 aliphatic rings. The molecule has 1 fully saturated rings. The van der Waals surface area contributed by atoms with Crippen LogP contribution < -0.4 is 15.2 Å². The average molecular weight is 313 g/mol. The first-order chi connectivity index (χ1) is 10.1. The van der Waals surface area contributed by atoms with Gasteiger partial charge in [0.15, 0.2) is 11.5 Å². The van der Waals surface area contributed by atoms with Crippen molar-refractivity contribution in [3.05, 3.63) is 22.7 Å². The number of hydrogen-bond acceptors (Lipinski definition) is 4. The molecule has 0 saturated carbocycles. The minimum atomic E-state index is 0.0862. The number of nitrogens with zero attached hydrogens (tertiary/aromatic N) is 1. The van der Waals surface area contributed by atoms with Crippen LogP contribution in [0.25, 0.3) is 0 Å². The Morgan fingerprint density at radius 1 is 1.29 bits per heavy atom. The van der Waals surface area contributed by atoms with Crippen molar-refractivity contribution in [3.63, 3.8) is 0 Å². The Morgan fingerprint density at radius 3 is 2.67 bits per heavy atom. The van der Waals surface area contributed by atoms with Gasteiger partial charge in [-0.25, -0.2) is 0 Å². The van der Waals surface area contributed by atoms with Crippen LogP contribution in [0.4, 0.5) is 0 Å². The van der Waals surface area contributed by atoms with E-state index in [0.29, 0.717) is 16.5 Å². The normalized spacial score (nSPS) is 23.7. The summed E-state index contributed by atoms with van der Waals surface area (Å²) in [5, 5.41) is 0.609. The van der Waals surface area contributed by atoms with Crippen LogP contribution in [0.5, 0.6) is 11.5 Å². The first kappa shape index (κ1) is 16.4. The lowest BCUT2D eigenvalue weighted by molar-refractivity contribution is 0.195. The van der Waals surface area contributed by atoms with Gasteiger partial charge in [-0.2, -0.15) is 0 Å². The first-order valence-corrected chi connectivity index (χ1v) is 7.91. The Balaban J connectivity index is 2.46. The molecule has 1 heterocycles. The van der Waals surface area contributed by atoms with Crippen LogP contribution in [-0.4, -0.2) is 38.3 Å². The van der Waals surface area contributed by atoms with E-state index in [4.69, 9.17) is 26.8 Å². The molecule has 1 saturated heterocycles. The number of rotatable bonds is 4. The van der Waals surface area contributed by atoms with Crippen LogP contribution in [0.3, 0.4) is 0 Å². The second-order valence-corrected chi connectivity index (χ2v) is 5.82. The van der Waals surface area contributed by atoms with Crippen molar-refractivity contribution in [1.29, 1.82) is 0 Å². The third-order valence-corrected chi connectivity index (χ3v) is 4.66. The topological polar surface area (TPSA) is 47.7 Å². The van der Waals surface area contributed by atoms with Crippen LogP contribution in [-0.2, 0) is 0 Å². The van der Waals surface area contributed by atoms with Gasteiger partial charge in [-0.1, -0.05) is 31.0 Å². The van der Waals surface area contributed by atoms with Gasteiger partial charge in [0.25, 0.3) is 0 Å². The summed E-state index contributed by atoms with van der Waals surface area (Å²) in [5.74, 6) is 1.24. The zero-order valence-electron chi connectivity index (χ0n) is 13.1. The van der Waals surface area contributed by atoms with Crippen molar-refractivity contribution < 1.29 is 9.47 Å². The van der Waals surface area contributed by atoms with Crippen LogP contribution in [0, 0.1) is 0 Å². The predicted molar refractivity (Wildman–Crippen MR) is 86.4 cm³/mol. The molecule has 5 heteroatoms. The molecule has 1 aromatic carbocycles. The molecule has 0 spiro atoms. The van der Waals surface area contributed by atoms with Crippen molar-refractivity contribution in [1.82, 2.24) is 4.90 Å². The van der Waals surface area contributed by atoms with E-state index in [9.17, 15) is 0 Å². The van der Waals surface area contributed by atoms with E-state index in [1.807, 2.05) is 12.1 Å². The zero-order valence-corrected chi connectivity index (χ0v) is 13.8. The van der Waals surface area contributed by atoms with Gasteiger partial charge in [0.2, 0.25) is 0 Å². The van der Waals surface area contributed by atoms with Crippen molar-refractivity contribution in [2.24, 2.45) is 5.73 Å². The lowest BCUT2D eigenvalue weighted by Crippen LogP contribution is -2.39. The Bertz CT molecular complexity index is 482. The number of nitrogens with two attached hydrogens (primary N) is 1. The van der Waals surface area contributed by atoms with Gasteiger partial charge < -0.3 is 15.2 Å². The maximum Gasteiger partial charge on any atom is 0.179 e. The van der Waals surface area contributed by atoms with Crippen LogP contribution in [0.2, 0.25) is 5.02 Å². The quantitative estimate of drug-likeness (QED) is 0.927. The van der Waals surface area contributed by atoms with Gasteiger partial charge in [0.1, 0.15) is 0 Å². The summed E-state index contributed by atoms with van der Waals surface area (Å²) in [7, 11) is 3.22. The number of ether oxygens (including phenoxy) is 2. The Kier molecular flexibility index (Phi) is 5.73. The van der Waals surface area contributed by atoms with Gasteiger partial charge in [-0.05, 0) is 37.6 Å². The fourth-order valence-corrected chi connectivity index (χ4v) is 3.52. The van der Waals surface area contributed by atoms with E-state index in [-0.39, 0.29) is 12.1 Å². The summed E-state index contributed by atoms with van der Waals surface area (Å²) in [6, 6.07) is 4.14. The molecule has 2 rings (SSSR count). The van der Waals surface area contributed by atoms with E-state index in [1.54, 1.807) is 14.2 Å². The van der Waals surface area contributed by atoms with Crippen molar-refractivity contribution >= 4 is 11.6 Å². The number of benzene rings is 1. The molecule has 4 nitrogen and oxygen atoms in total. The molecule has 0 aromatic heterocycles. The Labute approximate surface area is 132 Å². The van der Waals surface area contributed by atoms with Gasteiger partial charge in [-0.3, -0.25) is 4.90 Å². The van der Waals surface area contributed by atoms with Gasteiger partial charge >= 0.3 is 0 Å². The highest BCUT2D eigenvalue weighted by Gasteiger charge is 2.31. The number of methoxy groups -OCH3 is 2. The summed E-state index contributed by atoms with van der Waals surface area (Å²) in [6.45, 7) is 4.18. The highest BCUT2D eigenvalue weighted by Crippen LogP contribution is 2.42. The SMILES string of the molecule is CCN1CCCCC(N)C1c1ccc(OC)c(OC)c1Cl. The molecule has 2 atom stereocenters. The molecule has 1 aliphatic heterocycles. The summed E-state index contributed by atoms with van der Waals surface area (Å²) >= 11 is 6.58. The lowest BCUT2D eigenvalue weighted by Gasteiger charge is -2.33. The molecular weight excluding hydrogens is 288 g/mol. The molecule has 0 radical (unpaired) electrons. The second kappa shape index (κ2) is 7.34. The van der Waals surface area contributed by atoms with Gasteiger partial charge in [0, 0.05) is 6.04 Å². The van der Waals surface area contributed by atoms with Crippen LogP contribution in [0.15, 0.2) is 12.1 Å². The second-order valence-electron chi connectivity index (χ2n) is 5.44. The van der Waals surface area contributed by atoms with Crippen molar-refractivity contribution in [2.45, 2.75) is 38.3 Å². The van der Waals surface area contributed by atoms with E-state index < -0.39 is 0 Å². The molecule has 2 unspecified atom stereocenters. The minimum absolute atomic E-state index is 0.0862. The van der Waals surface area contributed by atoms with E-state index in [2.05, 4.69) is 11.8 Å². The molecule has 2 N–H and O–H groups in total. The largest absolute Gasteiger partial charge is 0.493 e. The van der Waals surface area contributed by atoms with Crippen LogP contribution >= 0.6 is 11.6 Å². The molecule has 21 heavy (non-hydrogen) atoms. The van der Waals surface area contributed by atoms with Gasteiger partial charge in [0.05, 0.1) is 25.3 Å². The maximum atomic E-state index is 6.58. The zero-order chi connectivity index (χ0) is 15.4. The first-order valence-electron chi connectivity index (χ1n) is 7.54. The summed E-state index contributed by atoms with van der Waals surface area (Å²) in [5.41, 5.74) is 7.47. The third-order valence-electron chi connectivity index (χ3n) is 4.27. The number of halogens is 1. The van der Waals surface area contributed by atoms with Crippen LogP contribution in [0.1, 0.15) is 37.8 Å². The monoisotopic (exact) mass is 312 g/mol. The average Bonchev–Trinajstić information content (AvgIpc) is 2.68. The summed E-state index contributed by atoms with van der Waals surface area (Å²) in [6.07, 6.45) is 3.37. The predicted octanol–water partition coefficient (Wildman–Crippen LogP) is 3.23. The fourth-order valence-electron chi connectivity index (χ4n) is 3.18. The van der Waals surface area contributed by atoms with E-state index in [0.717, 1.165) is 25.1 Å². The molecule has 0 amide bonds. The van der Waals surface area contributed by atoms with E-state index >= 15 is 0 Å². The molecule has 0 bridgehead atoms. The summed E-state index contributed by atoms with van der Waals surface area (Å²) in [4.78, 5) is 2.41. The Morgan fingerprint density at radius 2 is 2.05 bits per heavy atom. The molecule has 0 aliphatic carbocycles. The van der Waals surface area contributed by atoms with Gasteiger partial charge in [-0.15, -0.1) is 0 Å². The minimum Gasteiger partial charge on any atom is -0.493 e. The summed E-state index contributed by atoms with van der Waals surface area (Å²) < 4.78 is 10.7. The standard InChI is InChI=1S/C16H25ClN2O2/c1-4-19-10-6-5-7-12(18)15(19)11-8-9-13(20-2)16(21-3)14(11)17/h8-9,12,15H,4-7,10,18H2,1-3H3. The highest BCUT2D eigenvalue weighted by molar-refractivity contribution is 6.33. The number of likely N-dealkylation sites (N-methyl/N-ethyl adjacent to an activating group) is 1. The molecular formula is C16H25ClN2O2. The smallest absolute Gasteiger partial charge is 0.179 e.